The number of nitrogens with zero attached hydrogens (tertiary/aromatic N) is 3. The highest BCUT2D eigenvalue weighted by Gasteiger charge is 2.09. The molecule has 21 heavy (non-hydrogen) atoms. The Bertz CT molecular complexity index is 779. The summed E-state index contributed by atoms with van der Waals surface area (Å²) >= 11 is 0. The van der Waals surface area contributed by atoms with Crippen molar-refractivity contribution in [3.05, 3.63) is 59.9 Å². The van der Waals surface area contributed by atoms with Gasteiger partial charge in [0.2, 0.25) is 0 Å². The van der Waals surface area contributed by atoms with Crippen molar-refractivity contribution in [2.75, 3.05) is 0 Å². The minimum Gasteiger partial charge on any atom is -0.507 e. The van der Waals surface area contributed by atoms with Gasteiger partial charge in [-0.1, -0.05) is 29.3 Å². The van der Waals surface area contributed by atoms with E-state index in [0.29, 0.717) is 17.2 Å². The predicted octanol–water partition coefficient (Wildman–Crippen LogP) is 3.53. The van der Waals surface area contributed by atoms with E-state index in [4.69, 9.17) is 0 Å². The molecule has 0 saturated carbocycles. The number of phenolic OH excluding ortho intramolecular Hbond substituents is 1. The van der Waals surface area contributed by atoms with Crippen molar-refractivity contribution in [3.63, 3.8) is 0 Å². The third-order valence-electron chi connectivity index (χ3n) is 3.20. The minimum absolute atomic E-state index is 0.162. The summed E-state index contributed by atoms with van der Waals surface area (Å²) in [6.45, 7) is 4.09. The number of aromatic hydroxyl groups is 1. The van der Waals surface area contributed by atoms with Crippen LogP contribution in [-0.2, 0) is 0 Å². The molecule has 0 fully saturated rings. The minimum atomic E-state index is 0.162. The molecule has 0 unspecified atom stereocenters. The second kappa shape index (κ2) is 5.32. The molecule has 1 aromatic heterocycles. The van der Waals surface area contributed by atoms with E-state index >= 15 is 0 Å². The summed E-state index contributed by atoms with van der Waals surface area (Å²) in [6.07, 6.45) is 1.47. The largest absolute Gasteiger partial charge is 0.507 e. The lowest BCUT2D eigenvalue weighted by molar-refractivity contribution is 0.477. The van der Waals surface area contributed by atoms with Crippen molar-refractivity contribution in [2.24, 2.45) is 0 Å². The third kappa shape index (κ3) is 2.74. The van der Waals surface area contributed by atoms with Crippen molar-refractivity contribution in [1.29, 1.82) is 0 Å². The molecule has 0 bridgehead atoms. The van der Waals surface area contributed by atoms with Gasteiger partial charge in [-0.15, -0.1) is 0 Å². The van der Waals surface area contributed by atoms with Gasteiger partial charge >= 0.3 is 0 Å². The Balaban J connectivity index is 2.10. The smallest absolute Gasteiger partial charge is 0.167 e. The molecule has 4 nitrogen and oxygen atoms in total. The van der Waals surface area contributed by atoms with Gasteiger partial charge in [0, 0.05) is 5.56 Å². The Labute approximate surface area is 123 Å². The molecule has 0 aliphatic heterocycles. The van der Waals surface area contributed by atoms with Crippen LogP contribution < -0.4 is 0 Å². The molecule has 3 aromatic rings. The number of aryl methyl sites for hydroxylation is 2. The summed E-state index contributed by atoms with van der Waals surface area (Å²) < 4.78 is 0. The van der Waals surface area contributed by atoms with Crippen LogP contribution in [0, 0.1) is 13.8 Å². The lowest BCUT2D eigenvalue weighted by Gasteiger charge is -2.06. The summed E-state index contributed by atoms with van der Waals surface area (Å²) in [7, 11) is 0. The van der Waals surface area contributed by atoms with Crippen LogP contribution in [0.4, 0.5) is 0 Å². The van der Waals surface area contributed by atoms with Gasteiger partial charge in [-0.2, -0.15) is 0 Å². The summed E-state index contributed by atoms with van der Waals surface area (Å²) in [4.78, 5) is 12.9. The van der Waals surface area contributed by atoms with Gasteiger partial charge in [0.05, 0.1) is 5.56 Å². The lowest BCUT2D eigenvalue weighted by Crippen LogP contribution is -1.96. The second-order valence-corrected chi connectivity index (χ2v) is 5.03. The van der Waals surface area contributed by atoms with Crippen LogP contribution in [0.5, 0.6) is 5.75 Å². The number of para-hydroxylation sites is 1. The van der Waals surface area contributed by atoms with E-state index in [1.807, 2.05) is 32.0 Å². The molecule has 0 saturated heterocycles. The molecular weight excluding hydrogens is 262 g/mol. The van der Waals surface area contributed by atoms with Crippen molar-refractivity contribution < 1.29 is 5.11 Å². The van der Waals surface area contributed by atoms with E-state index < -0.39 is 0 Å². The van der Waals surface area contributed by atoms with Gasteiger partial charge in [0.15, 0.2) is 11.6 Å². The monoisotopic (exact) mass is 277 g/mol. The van der Waals surface area contributed by atoms with Crippen LogP contribution in [-0.4, -0.2) is 20.1 Å². The summed E-state index contributed by atoms with van der Waals surface area (Å²) in [5, 5.41) is 9.91. The zero-order valence-corrected chi connectivity index (χ0v) is 11.9. The molecule has 104 valence electrons. The van der Waals surface area contributed by atoms with Gasteiger partial charge in [0.1, 0.15) is 12.1 Å². The summed E-state index contributed by atoms with van der Waals surface area (Å²) in [6, 6.07) is 13.2. The highest BCUT2D eigenvalue weighted by atomic mass is 16.3. The van der Waals surface area contributed by atoms with E-state index in [-0.39, 0.29) is 5.75 Å². The highest BCUT2D eigenvalue weighted by Crippen LogP contribution is 2.27. The normalized spacial score (nSPS) is 10.6. The first-order valence-corrected chi connectivity index (χ1v) is 6.69. The molecular formula is C17H15N3O. The molecule has 4 heteroatoms. The van der Waals surface area contributed by atoms with Gasteiger partial charge in [0.25, 0.3) is 0 Å². The molecule has 0 spiro atoms. The Morgan fingerprint density at radius 2 is 1.52 bits per heavy atom. The maximum atomic E-state index is 9.91. The molecule has 1 heterocycles. The van der Waals surface area contributed by atoms with E-state index in [2.05, 4.69) is 21.0 Å². The number of benzene rings is 2. The third-order valence-corrected chi connectivity index (χ3v) is 3.20. The van der Waals surface area contributed by atoms with Crippen molar-refractivity contribution in [1.82, 2.24) is 15.0 Å². The maximum Gasteiger partial charge on any atom is 0.167 e. The summed E-state index contributed by atoms with van der Waals surface area (Å²) in [5.74, 6) is 1.24. The quantitative estimate of drug-likeness (QED) is 0.778. The van der Waals surface area contributed by atoms with Gasteiger partial charge in [-0.25, -0.2) is 15.0 Å². The number of phenols is 1. The number of hydrogen-bond donors (Lipinski definition) is 1. The lowest BCUT2D eigenvalue weighted by atomic mass is 10.1. The van der Waals surface area contributed by atoms with E-state index in [9.17, 15) is 5.11 Å². The van der Waals surface area contributed by atoms with Gasteiger partial charge < -0.3 is 5.11 Å². The molecule has 0 atom stereocenters. The van der Waals surface area contributed by atoms with Crippen molar-refractivity contribution >= 4 is 0 Å². The van der Waals surface area contributed by atoms with Crippen LogP contribution in [0.15, 0.2) is 48.8 Å². The fourth-order valence-corrected chi connectivity index (χ4v) is 2.33. The number of rotatable bonds is 2. The molecule has 0 aliphatic rings. The highest BCUT2D eigenvalue weighted by molar-refractivity contribution is 5.66. The topological polar surface area (TPSA) is 58.9 Å². The zero-order valence-electron chi connectivity index (χ0n) is 11.9. The number of aromatic nitrogens is 3. The number of hydrogen-bond acceptors (Lipinski definition) is 4. The fourth-order valence-electron chi connectivity index (χ4n) is 2.33. The van der Waals surface area contributed by atoms with Gasteiger partial charge in [-0.05, 0) is 38.1 Å². The second-order valence-electron chi connectivity index (χ2n) is 5.03. The van der Waals surface area contributed by atoms with E-state index in [1.165, 1.54) is 6.33 Å². The molecule has 0 amide bonds. The van der Waals surface area contributed by atoms with Crippen LogP contribution in [0.1, 0.15) is 11.1 Å². The Morgan fingerprint density at radius 3 is 2.24 bits per heavy atom. The van der Waals surface area contributed by atoms with Crippen LogP contribution >= 0.6 is 0 Å². The standard InChI is InChI=1S/C17H15N3O/c1-11-7-12(2)9-13(8-11)16-18-10-19-17(20-16)14-5-3-4-6-15(14)21/h3-10,21H,1-2H3. The maximum absolute atomic E-state index is 9.91. The van der Waals surface area contributed by atoms with E-state index in [0.717, 1.165) is 16.7 Å². The van der Waals surface area contributed by atoms with Crippen LogP contribution in [0.25, 0.3) is 22.8 Å². The van der Waals surface area contributed by atoms with Crippen molar-refractivity contribution in [2.45, 2.75) is 13.8 Å². The van der Waals surface area contributed by atoms with Crippen LogP contribution in [0.3, 0.4) is 0 Å². The first-order chi connectivity index (χ1) is 10.1. The Hall–Kier alpha value is -2.75. The summed E-state index contributed by atoms with van der Waals surface area (Å²) in [5.41, 5.74) is 3.88. The molecule has 0 radical (unpaired) electrons. The Kier molecular flexibility index (Phi) is 3.36. The van der Waals surface area contributed by atoms with Crippen LogP contribution in [0.2, 0.25) is 0 Å². The fraction of sp³-hybridized carbons (Fsp3) is 0.118. The molecule has 2 aromatic carbocycles. The SMILES string of the molecule is Cc1cc(C)cc(-c2ncnc(-c3ccccc3O)n2)c1. The predicted molar refractivity (Wildman–Crippen MR) is 81.8 cm³/mol. The van der Waals surface area contributed by atoms with E-state index in [1.54, 1.807) is 18.2 Å². The average Bonchev–Trinajstić information content (AvgIpc) is 2.47. The average molecular weight is 277 g/mol. The molecule has 0 aliphatic carbocycles. The first-order valence-electron chi connectivity index (χ1n) is 6.69. The van der Waals surface area contributed by atoms with Gasteiger partial charge in [-0.3, -0.25) is 0 Å². The molecule has 1 N–H and O–H groups in total. The van der Waals surface area contributed by atoms with Crippen molar-refractivity contribution in [3.8, 4) is 28.5 Å². The first kappa shape index (κ1) is 13.2. The Morgan fingerprint density at radius 1 is 0.857 bits per heavy atom. The molecule has 3 rings (SSSR count). The zero-order chi connectivity index (χ0) is 14.8.